The summed E-state index contributed by atoms with van der Waals surface area (Å²) >= 11 is 0. The largest absolute Gasteiger partial charge is 0.416 e. The highest BCUT2D eigenvalue weighted by Gasteiger charge is 2.39. The number of H-pyrrole nitrogens is 1. The minimum absolute atomic E-state index is 0.145. The highest BCUT2D eigenvalue weighted by Crippen LogP contribution is 2.42. The van der Waals surface area contributed by atoms with Gasteiger partial charge in [-0.1, -0.05) is 42.5 Å². The molecule has 0 unspecified atom stereocenters. The number of benzene rings is 2. The Labute approximate surface area is 184 Å². The summed E-state index contributed by atoms with van der Waals surface area (Å²) in [6, 6.07) is 11.2. The lowest BCUT2D eigenvalue weighted by molar-refractivity contribution is -0.141. The number of alkyl halides is 3. The molecule has 2 atom stereocenters. The number of aromatic amines is 1. The standard InChI is InChI=1S/C23H17F3N4O3/c1-33-19(14-8-4-5-9-15(14)23(24,25)26)21(31)28-16-12-6-2-3-7-13(12)17-18(16)30-11-10-27-20(30)22(32)29-17/h2-11,16,19H,1H3,(H,28,31)(H,29,32)/t16-,19+/m0/s1. The number of nitrogens with zero attached hydrogens (tertiary/aromatic N) is 2. The van der Waals surface area contributed by atoms with E-state index in [1.54, 1.807) is 34.9 Å². The van der Waals surface area contributed by atoms with Crippen LogP contribution in [0.3, 0.4) is 0 Å². The molecule has 168 valence electrons. The fourth-order valence-electron chi connectivity index (χ4n) is 4.36. The van der Waals surface area contributed by atoms with Crippen molar-refractivity contribution in [3.05, 3.63) is 93.7 Å². The molecule has 0 fully saturated rings. The van der Waals surface area contributed by atoms with Crippen molar-refractivity contribution in [2.75, 3.05) is 7.11 Å². The monoisotopic (exact) mass is 454 g/mol. The number of halogens is 3. The zero-order chi connectivity index (χ0) is 23.3. The van der Waals surface area contributed by atoms with E-state index in [9.17, 15) is 22.8 Å². The Balaban J connectivity index is 1.60. The molecule has 0 bridgehead atoms. The maximum absolute atomic E-state index is 13.6. The molecule has 0 aliphatic heterocycles. The van der Waals surface area contributed by atoms with Crippen LogP contribution in [-0.4, -0.2) is 27.4 Å². The summed E-state index contributed by atoms with van der Waals surface area (Å²) in [6.07, 6.45) is -3.09. The molecule has 5 rings (SSSR count). The second-order valence-corrected chi connectivity index (χ2v) is 7.56. The molecule has 0 saturated heterocycles. The van der Waals surface area contributed by atoms with Gasteiger partial charge < -0.3 is 15.0 Å². The number of ether oxygens (including phenoxy) is 1. The number of imidazole rings is 1. The third-order valence-electron chi connectivity index (χ3n) is 5.72. The second kappa shape index (κ2) is 7.59. The average Bonchev–Trinajstić information content (AvgIpc) is 3.38. The number of rotatable bonds is 4. The number of carbonyl (C=O) groups is 1. The first-order valence-electron chi connectivity index (χ1n) is 9.99. The van der Waals surface area contributed by atoms with Gasteiger partial charge in [0, 0.05) is 30.6 Å². The lowest BCUT2D eigenvalue weighted by Gasteiger charge is -2.23. The smallest absolute Gasteiger partial charge is 0.367 e. The number of amides is 1. The second-order valence-electron chi connectivity index (χ2n) is 7.56. The van der Waals surface area contributed by atoms with E-state index >= 15 is 0 Å². The number of hydrogen-bond acceptors (Lipinski definition) is 4. The summed E-state index contributed by atoms with van der Waals surface area (Å²) in [5, 5.41) is 2.82. The number of aromatic nitrogens is 3. The van der Waals surface area contributed by atoms with Gasteiger partial charge in [0.25, 0.3) is 11.5 Å². The van der Waals surface area contributed by atoms with Crippen molar-refractivity contribution in [2.24, 2.45) is 0 Å². The molecule has 2 N–H and O–H groups in total. The molecule has 2 heterocycles. The zero-order valence-electron chi connectivity index (χ0n) is 17.2. The predicted molar refractivity (Wildman–Crippen MR) is 112 cm³/mol. The van der Waals surface area contributed by atoms with Crippen LogP contribution in [0, 0.1) is 0 Å². The number of fused-ring (bicyclic) bond motifs is 5. The van der Waals surface area contributed by atoms with Crippen LogP contribution < -0.4 is 10.9 Å². The topological polar surface area (TPSA) is 88.5 Å². The summed E-state index contributed by atoms with van der Waals surface area (Å²) in [5.41, 5.74) is 0.978. The van der Waals surface area contributed by atoms with Gasteiger partial charge in [-0.15, -0.1) is 0 Å². The summed E-state index contributed by atoms with van der Waals surface area (Å²) in [6.45, 7) is 0. The molecular weight excluding hydrogens is 437 g/mol. The summed E-state index contributed by atoms with van der Waals surface area (Å²) in [7, 11) is 1.18. The van der Waals surface area contributed by atoms with Crippen molar-refractivity contribution in [1.82, 2.24) is 19.7 Å². The Hall–Kier alpha value is -3.92. The van der Waals surface area contributed by atoms with Crippen LogP contribution in [0.2, 0.25) is 0 Å². The lowest BCUT2D eigenvalue weighted by atomic mass is 10.00. The van der Waals surface area contributed by atoms with E-state index in [0.29, 0.717) is 22.5 Å². The van der Waals surface area contributed by atoms with Gasteiger partial charge in [0.2, 0.25) is 5.65 Å². The number of methoxy groups -OCH3 is 1. The first-order valence-corrected chi connectivity index (χ1v) is 9.99. The molecule has 1 aliphatic carbocycles. The molecule has 10 heteroatoms. The Morgan fingerprint density at radius 1 is 1.18 bits per heavy atom. The van der Waals surface area contributed by atoms with Crippen molar-refractivity contribution in [2.45, 2.75) is 18.3 Å². The van der Waals surface area contributed by atoms with E-state index in [1.807, 2.05) is 0 Å². The molecular formula is C23H17F3N4O3. The molecule has 1 aliphatic rings. The van der Waals surface area contributed by atoms with Crippen LogP contribution in [0.5, 0.6) is 0 Å². The van der Waals surface area contributed by atoms with Crippen molar-refractivity contribution < 1.29 is 22.7 Å². The Morgan fingerprint density at radius 3 is 2.67 bits per heavy atom. The molecule has 0 radical (unpaired) electrons. The highest BCUT2D eigenvalue weighted by atomic mass is 19.4. The van der Waals surface area contributed by atoms with Gasteiger partial charge in [0.05, 0.1) is 23.0 Å². The van der Waals surface area contributed by atoms with Crippen LogP contribution in [-0.2, 0) is 15.7 Å². The van der Waals surface area contributed by atoms with Crippen LogP contribution >= 0.6 is 0 Å². The van der Waals surface area contributed by atoms with Crippen molar-refractivity contribution >= 4 is 11.6 Å². The number of carbonyl (C=O) groups excluding carboxylic acids is 1. The van der Waals surface area contributed by atoms with E-state index in [-0.39, 0.29) is 11.2 Å². The Morgan fingerprint density at radius 2 is 1.91 bits per heavy atom. The molecule has 4 aromatic rings. The van der Waals surface area contributed by atoms with E-state index in [1.165, 1.54) is 31.5 Å². The van der Waals surface area contributed by atoms with E-state index in [0.717, 1.165) is 6.07 Å². The van der Waals surface area contributed by atoms with Gasteiger partial charge in [-0.05, 0) is 11.6 Å². The summed E-state index contributed by atoms with van der Waals surface area (Å²) < 4.78 is 47.5. The SMILES string of the molecule is CO[C@@H](C(=O)N[C@H]1c2ccccc2-c2[nH]c(=O)c3nccn3c21)c1ccccc1C(F)(F)F. The van der Waals surface area contributed by atoms with Crippen molar-refractivity contribution in [3.63, 3.8) is 0 Å². The fourth-order valence-corrected chi connectivity index (χ4v) is 4.36. The quantitative estimate of drug-likeness (QED) is 0.493. The molecule has 0 saturated carbocycles. The van der Waals surface area contributed by atoms with Crippen LogP contribution in [0.1, 0.15) is 34.5 Å². The van der Waals surface area contributed by atoms with Gasteiger partial charge in [-0.3, -0.25) is 14.0 Å². The molecule has 2 aromatic heterocycles. The van der Waals surface area contributed by atoms with Gasteiger partial charge in [-0.25, -0.2) is 4.98 Å². The maximum atomic E-state index is 13.6. The van der Waals surface area contributed by atoms with Crippen LogP contribution in [0.4, 0.5) is 13.2 Å². The summed E-state index contributed by atoms with van der Waals surface area (Å²) in [4.78, 5) is 32.6. The zero-order valence-corrected chi connectivity index (χ0v) is 17.2. The predicted octanol–water partition coefficient (Wildman–Crippen LogP) is 3.62. The first-order chi connectivity index (χ1) is 15.8. The number of nitrogens with one attached hydrogen (secondary N) is 2. The minimum atomic E-state index is -4.65. The maximum Gasteiger partial charge on any atom is 0.416 e. The Bertz CT molecular complexity index is 1440. The molecule has 2 aromatic carbocycles. The highest BCUT2D eigenvalue weighted by molar-refractivity contribution is 5.86. The van der Waals surface area contributed by atoms with Crippen LogP contribution in [0.25, 0.3) is 16.9 Å². The first kappa shape index (κ1) is 21.0. The van der Waals surface area contributed by atoms with Gasteiger partial charge >= 0.3 is 6.18 Å². The average molecular weight is 454 g/mol. The Kier molecular flexibility index (Phi) is 4.82. The normalized spacial score (nSPS) is 15.8. The molecule has 7 nitrogen and oxygen atoms in total. The van der Waals surface area contributed by atoms with Crippen molar-refractivity contribution in [3.8, 4) is 11.3 Å². The molecule has 1 amide bonds. The third kappa shape index (κ3) is 3.30. The lowest BCUT2D eigenvalue weighted by Crippen LogP contribution is -2.35. The van der Waals surface area contributed by atoms with Crippen LogP contribution in [0.15, 0.2) is 65.7 Å². The van der Waals surface area contributed by atoms with Gasteiger partial charge in [-0.2, -0.15) is 13.2 Å². The summed E-state index contributed by atoms with van der Waals surface area (Å²) in [5.74, 6) is -0.749. The molecule has 0 spiro atoms. The third-order valence-corrected chi connectivity index (χ3v) is 5.72. The fraction of sp³-hybridized carbons (Fsp3) is 0.174. The van der Waals surface area contributed by atoms with E-state index in [4.69, 9.17) is 4.74 Å². The van der Waals surface area contributed by atoms with Gasteiger partial charge in [0.1, 0.15) is 0 Å². The minimum Gasteiger partial charge on any atom is -0.367 e. The van der Waals surface area contributed by atoms with E-state index in [2.05, 4.69) is 15.3 Å². The van der Waals surface area contributed by atoms with Gasteiger partial charge in [0.15, 0.2) is 6.10 Å². The van der Waals surface area contributed by atoms with E-state index < -0.39 is 35.4 Å². The molecule has 33 heavy (non-hydrogen) atoms. The van der Waals surface area contributed by atoms with Crippen molar-refractivity contribution in [1.29, 1.82) is 0 Å². The number of hydrogen-bond donors (Lipinski definition) is 2.